The zero-order valence-corrected chi connectivity index (χ0v) is 19.0. The molecule has 3 aromatic rings. The molecule has 4 rings (SSSR count). The molecule has 8 heteroatoms. The summed E-state index contributed by atoms with van der Waals surface area (Å²) in [5, 5.41) is 3.32. The Kier molecular flexibility index (Phi) is 6.72. The molecule has 32 heavy (non-hydrogen) atoms. The molecule has 2 heterocycles. The van der Waals surface area contributed by atoms with Gasteiger partial charge in [0.25, 0.3) is 0 Å². The van der Waals surface area contributed by atoms with Crippen LogP contribution in [0.5, 0.6) is 5.75 Å². The highest BCUT2D eigenvalue weighted by Gasteiger charge is 2.21. The van der Waals surface area contributed by atoms with Crippen LogP contribution < -0.4 is 25.6 Å². The van der Waals surface area contributed by atoms with Crippen molar-refractivity contribution in [1.82, 2.24) is 14.9 Å². The molecule has 8 nitrogen and oxygen atoms in total. The topological polar surface area (TPSA) is 82.8 Å². The summed E-state index contributed by atoms with van der Waals surface area (Å²) in [4.78, 5) is 15.7. The van der Waals surface area contributed by atoms with Gasteiger partial charge in [-0.2, -0.15) is 4.98 Å². The molecule has 0 amide bonds. The van der Waals surface area contributed by atoms with Crippen molar-refractivity contribution in [2.45, 2.75) is 6.42 Å². The molecule has 0 unspecified atom stereocenters. The van der Waals surface area contributed by atoms with Crippen LogP contribution in [-0.2, 0) is 6.42 Å². The number of nitrogens with zero attached hydrogens (tertiary/aromatic N) is 5. The van der Waals surface area contributed by atoms with Crippen LogP contribution in [0.3, 0.4) is 0 Å². The molecular formula is C24H31N7O. The van der Waals surface area contributed by atoms with Crippen molar-refractivity contribution < 1.29 is 4.74 Å². The smallest absolute Gasteiger partial charge is 0.229 e. The van der Waals surface area contributed by atoms with Gasteiger partial charge in [-0.3, -0.25) is 4.90 Å². The lowest BCUT2D eigenvalue weighted by molar-refractivity contribution is 0.352. The number of fused-ring (bicyclic) bond motifs is 1. The van der Waals surface area contributed by atoms with Gasteiger partial charge in [0.05, 0.1) is 12.8 Å². The van der Waals surface area contributed by atoms with Gasteiger partial charge in [0.2, 0.25) is 5.95 Å². The Labute approximate surface area is 189 Å². The quantitative estimate of drug-likeness (QED) is 0.498. The second-order valence-electron chi connectivity index (χ2n) is 7.96. The minimum atomic E-state index is 0.538. The predicted molar refractivity (Wildman–Crippen MR) is 130 cm³/mol. The fourth-order valence-electron chi connectivity index (χ4n) is 3.82. The van der Waals surface area contributed by atoms with E-state index in [1.807, 2.05) is 25.2 Å². The predicted octanol–water partition coefficient (Wildman–Crippen LogP) is 3.21. The summed E-state index contributed by atoms with van der Waals surface area (Å²) in [5.41, 5.74) is 10.1. The Morgan fingerprint density at radius 2 is 1.97 bits per heavy atom. The van der Waals surface area contributed by atoms with Crippen LogP contribution in [0.1, 0.15) is 5.56 Å². The average Bonchev–Trinajstić information content (AvgIpc) is 3.27. The van der Waals surface area contributed by atoms with Crippen molar-refractivity contribution in [2.75, 3.05) is 62.6 Å². The van der Waals surface area contributed by atoms with E-state index in [0.29, 0.717) is 12.6 Å². The molecule has 0 fully saturated rings. The molecule has 0 radical (unpaired) electrons. The van der Waals surface area contributed by atoms with Gasteiger partial charge in [0, 0.05) is 57.0 Å². The van der Waals surface area contributed by atoms with Gasteiger partial charge in [0.15, 0.2) is 0 Å². The number of likely N-dealkylation sites (N-methyl/N-ethyl adjacent to an activating group) is 2. The summed E-state index contributed by atoms with van der Waals surface area (Å²) in [6.07, 6.45) is 2.81. The first-order valence-corrected chi connectivity index (χ1v) is 10.8. The third-order valence-electron chi connectivity index (χ3n) is 5.81. The van der Waals surface area contributed by atoms with E-state index in [4.69, 9.17) is 15.5 Å². The van der Waals surface area contributed by atoms with Gasteiger partial charge >= 0.3 is 0 Å². The fraction of sp³-hybridized carbons (Fsp3) is 0.333. The Hall–Kier alpha value is -3.36. The molecule has 1 aliphatic rings. The third-order valence-corrected chi connectivity index (χ3v) is 5.81. The maximum absolute atomic E-state index is 5.67. The van der Waals surface area contributed by atoms with Crippen LogP contribution in [0.15, 0.2) is 54.7 Å². The summed E-state index contributed by atoms with van der Waals surface area (Å²) >= 11 is 0. The van der Waals surface area contributed by atoms with E-state index in [2.05, 4.69) is 62.4 Å². The molecule has 1 aromatic heterocycles. The molecule has 168 valence electrons. The number of para-hydroxylation sites is 1. The molecule has 3 N–H and O–H groups in total. The molecule has 0 spiro atoms. The number of anilines is 5. The van der Waals surface area contributed by atoms with E-state index < -0.39 is 0 Å². The largest absolute Gasteiger partial charge is 0.494 e. The first-order valence-electron chi connectivity index (χ1n) is 10.8. The second-order valence-corrected chi connectivity index (χ2v) is 7.96. The van der Waals surface area contributed by atoms with Gasteiger partial charge in [-0.25, -0.2) is 4.98 Å². The number of ether oxygens (including phenoxy) is 1. The number of hydrogen-bond donors (Lipinski definition) is 2. The number of nitrogens with two attached hydrogens (primary N) is 1. The van der Waals surface area contributed by atoms with Crippen LogP contribution in [0, 0.1) is 0 Å². The molecular weight excluding hydrogens is 402 g/mol. The number of benzene rings is 2. The number of rotatable bonds is 9. The molecule has 0 bridgehead atoms. The standard InChI is InChI=1S/C24H31N7O/c1-29(17-25)14-15-30(2)19-8-9-20(22(16-19)32-3)27-24-26-12-10-23(28-24)31-13-11-18-6-4-5-7-21(18)31/h4-10,12,16H,11,13-15,17,25H2,1-3H3,(H,26,27,28). The van der Waals surface area contributed by atoms with Crippen molar-refractivity contribution in [1.29, 1.82) is 0 Å². The Balaban J connectivity index is 1.50. The number of nitrogens with one attached hydrogen (secondary N) is 1. The van der Waals surface area contributed by atoms with Gasteiger partial charge in [0.1, 0.15) is 11.6 Å². The maximum Gasteiger partial charge on any atom is 0.229 e. The first kappa shape index (κ1) is 21.9. The van der Waals surface area contributed by atoms with Crippen LogP contribution in [0.4, 0.5) is 28.8 Å². The Morgan fingerprint density at radius 1 is 1.12 bits per heavy atom. The van der Waals surface area contributed by atoms with E-state index in [9.17, 15) is 0 Å². The summed E-state index contributed by atoms with van der Waals surface area (Å²) < 4.78 is 5.65. The van der Waals surface area contributed by atoms with Crippen molar-refractivity contribution in [3.8, 4) is 5.75 Å². The van der Waals surface area contributed by atoms with Crippen LogP contribution in [0.2, 0.25) is 0 Å². The molecule has 0 saturated carbocycles. The van der Waals surface area contributed by atoms with E-state index >= 15 is 0 Å². The number of hydrogen-bond acceptors (Lipinski definition) is 8. The second kappa shape index (κ2) is 9.84. The highest BCUT2D eigenvalue weighted by atomic mass is 16.5. The number of methoxy groups -OCH3 is 1. The Morgan fingerprint density at radius 3 is 2.78 bits per heavy atom. The van der Waals surface area contributed by atoms with Crippen LogP contribution in [0.25, 0.3) is 0 Å². The molecule has 2 aromatic carbocycles. The van der Waals surface area contributed by atoms with Gasteiger partial charge < -0.3 is 25.6 Å². The van der Waals surface area contributed by atoms with Crippen molar-refractivity contribution in [3.05, 3.63) is 60.3 Å². The van der Waals surface area contributed by atoms with Crippen molar-refractivity contribution in [3.63, 3.8) is 0 Å². The van der Waals surface area contributed by atoms with Crippen LogP contribution in [-0.4, -0.2) is 62.4 Å². The van der Waals surface area contributed by atoms with Gasteiger partial charge in [-0.15, -0.1) is 0 Å². The maximum atomic E-state index is 5.67. The average molecular weight is 434 g/mol. The van der Waals surface area contributed by atoms with Gasteiger partial charge in [-0.1, -0.05) is 18.2 Å². The SMILES string of the molecule is COc1cc(N(C)CCN(C)CN)ccc1Nc1nccc(N2CCc3ccccc32)n1. The highest BCUT2D eigenvalue weighted by Crippen LogP contribution is 2.34. The minimum absolute atomic E-state index is 0.538. The van der Waals surface area contributed by atoms with E-state index in [-0.39, 0.29) is 0 Å². The fourth-order valence-corrected chi connectivity index (χ4v) is 3.82. The molecule has 0 saturated heterocycles. The lowest BCUT2D eigenvalue weighted by Crippen LogP contribution is -2.34. The molecule has 1 aliphatic heterocycles. The summed E-state index contributed by atoms with van der Waals surface area (Å²) in [5.74, 6) is 2.16. The number of aromatic nitrogens is 2. The zero-order chi connectivity index (χ0) is 22.5. The van der Waals surface area contributed by atoms with Crippen LogP contribution >= 0.6 is 0 Å². The van der Waals surface area contributed by atoms with E-state index in [1.54, 1.807) is 13.3 Å². The highest BCUT2D eigenvalue weighted by molar-refractivity contribution is 5.70. The summed E-state index contributed by atoms with van der Waals surface area (Å²) in [6, 6.07) is 16.5. The minimum Gasteiger partial charge on any atom is -0.494 e. The van der Waals surface area contributed by atoms with E-state index in [1.165, 1.54) is 11.3 Å². The lowest BCUT2D eigenvalue weighted by atomic mass is 10.2. The molecule has 0 atom stereocenters. The van der Waals surface area contributed by atoms with Gasteiger partial charge in [-0.05, 0) is 43.3 Å². The Bertz CT molecular complexity index is 1060. The van der Waals surface area contributed by atoms with Crippen molar-refractivity contribution >= 4 is 28.8 Å². The van der Waals surface area contributed by atoms with Crippen molar-refractivity contribution in [2.24, 2.45) is 5.73 Å². The first-order chi connectivity index (χ1) is 15.6. The monoisotopic (exact) mass is 433 g/mol. The zero-order valence-electron chi connectivity index (χ0n) is 19.0. The normalized spacial score (nSPS) is 12.7. The molecule has 0 aliphatic carbocycles. The lowest BCUT2D eigenvalue weighted by Gasteiger charge is -2.24. The summed E-state index contributed by atoms with van der Waals surface area (Å²) in [7, 11) is 5.74. The third kappa shape index (κ3) is 4.76. The van der Waals surface area contributed by atoms with E-state index in [0.717, 1.165) is 49.0 Å². The summed E-state index contributed by atoms with van der Waals surface area (Å²) in [6.45, 7) is 3.21.